The molecule has 0 bridgehead atoms. The van der Waals surface area contributed by atoms with Gasteiger partial charge in [0.1, 0.15) is 11.5 Å². The van der Waals surface area contributed by atoms with Crippen LogP contribution in [0.15, 0.2) is 28.2 Å². The van der Waals surface area contributed by atoms with Crippen LogP contribution in [0.2, 0.25) is 0 Å². The Morgan fingerprint density at radius 2 is 2.00 bits per heavy atom. The predicted molar refractivity (Wildman–Crippen MR) is 51.1 cm³/mol. The van der Waals surface area contributed by atoms with Crippen LogP contribution in [0, 0.1) is 0 Å². The lowest BCUT2D eigenvalue weighted by molar-refractivity contribution is 0.399. The van der Waals surface area contributed by atoms with Crippen molar-refractivity contribution < 1.29 is 10.2 Å². The first-order valence-corrected chi connectivity index (χ1v) is 3.94. The van der Waals surface area contributed by atoms with E-state index in [1.807, 2.05) is 0 Å². The second-order valence-corrected chi connectivity index (χ2v) is 2.51. The summed E-state index contributed by atoms with van der Waals surface area (Å²) in [6.07, 6.45) is 0. The maximum atomic E-state index is 9.31. The molecule has 0 unspecified atom stereocenters. The monoisotopic (exact) mass is 209 g/mol. The minimum absolute atomic E-state index is 0.0507. The van der Waals surface area contributed by atoms with Gasteiger partial charge in [-0.2, -0.15) is 4.51 Å². The molecule has 2 N–H and O–H groups in total. The van der Waals surface area contributed by atoms with E-state index in [2.05, 4.69) is 11.1 Å². The van der Waals surface area contributed by atoms with Crippen LogP contribution in [-0.4, -0.2) is 21.8 Å². The third-order valence-corrected chi connectivity index (χ3v) is 1.76. The Hall–Kier alpha value is -0.670. The Morgan fingerprint density at radius 3 is 2.25 bits per heavy atom. The van der Waals surface area contributed by atoms with Crippen LogP contribution in [0.25, 0.3) is 0 Å². The van der Waals surface area contributed by atoms with E-state index in [4.69, 9.17) is 28.5 Å². The van der Waals surface area contributed by atoms with Crippen molar-refractivity contribution in [2.24, 2.45) is 4.51 Å². The fourth-order valence-corrected chi connectivity index (χ4v) is 0.896. The highest BCUT2D eigenvalue weighted by atomic mass is 35.5. The molecule has 0 fully saturated rings. The first-order valence-electron chi connectivity index (χ1n) is 3.06. The Morgan fingerprint density at radius 1 is 1.50 bits per heavy atom. The van der Waals surface area contributed by atoms with Gasteiger partial charge in [-0.05, 0) is 6.92 Å². The number of halogens is 2. The molecule has 12 heavy (non-hydrogen) atoms. The average Bonchev–Trinajstić information content (AvgIpc) is 2.03. The number of rotatable bonds is 3. The zero-order chi connectivity index (χ0) is 9.72. The van der Waals surface area contributed by atoms with Crippen LogP contribution in [0.3, 0.4) is 0 Å². The van der Waals surface area contributed by atoms with E-state index in [9.17, 15) is 5.11 Å². The number of hydrogen-bond acceptors (Lipinski definition) is 3. The molecule has 0 aromatic heterocycles. The lowest BCUT2D eigenvalue weighted by Crippen LogP contribution is -2.03. The highest BCUT2D eigenvalue weighted by Crippen LogP contribution is 2.12. The fourth-order valence-electron chi connectivity index (χ4n) is 0.535. The summed E-state index contributed by atoms with van der Waals surface area (Å²) in [6, 6.07) is 0. The smallest absolute Gasteiger partial charge is 0.145 e. The molecule has 3 nitrogen and oxygen atoms in total. The molecule has 0 heterocycles. The van der Waals surface area contributed by atoms with Crippen molar-refractivity contribution in [3.63, 3.8) is 0 Å². The molecule has 68 valence electrons. The highest BCUT2D eigenvalue weighted by Gasteiger charge is 2.09. The summed E-state index contributed by atoms with van der Waals surface area (Å²) in [4.78, 5) is 0. The number of hydrogen-bond donors (Lipinski definition) is 2. The Bertz CT molecular complexity index is 246. The molecule has 0 amide bonds. The summed E-state index contributed by atoms with van der Waals surface area (Å²) >= 11 is 10.5. The van der Waals surface area contributed by atoms with Crippen molar-refractivity contribution in [1.29, 1.82) is 0 Å². The second kappa shape index (κ2) is 5.06. The molecule has 0 radical (unpaired) electrons. The van der Waals surface area contributed by atoms with Gasteiger partial charge in [-0.3, -0.25) is 0 Å². The topological polar surface area (TPSA) is 52.8 Å². The van der Waals surface area contributed by atoms with E-state index in [1.165, 1.54) is 6.92 Å². The summed E-state index contributed by atoms with van der Waals surface area (Å²) in [5, 5.41) is 18.2. The van der Waals surface area contributed by atoms with Crippen LogP contribution in [0.1, 0.15) is 6.92 Å². The summed E-state index contributed by atoms with van der Waals surface area (Å²) in [5.41, 5.74) is 0.307. The molecule has 0 atom stereocenters. The van der Waals surface area contributed by atoms with Gasteiger partial charge in [0.15, 0.2) is 0 Å². The van der Waals surface area contributed by atoms with Crippen LogP contribution >= 0.6 is 23.4 Å². The first kappa shape index (κ1) is 11.3. The van der Waals surface area contributed by atoms with Gasteiger partial charge in [-0.15, -0.1) is 11.6 Å². The Balaban J connectivity index is 4.98. The van der Waals surface area contributed by atoms with Crippen molar-refractivity contribution in [3.8, 4) is 0 Å². The molecule has 0 rings (SSSR count). The molecule has 0 aliphatic rings. The van der Waals surface area contributed by atoms with E-state index < -0.39 is 0 Å². The lowest BCUT2D eigenvalue weighted by atomic mass is 10.2. The van der Waals surface area contributed by atoms with Crippen molar-refractivity contribution in [3.05, 3.63) is 23.7 Å². The largest absolute Gasteiger partial charge is 0.508 e. The Labute approximate surface area is 80.8 Å². The van der Waals surface area contributed by atoms with Gasteiger partial charge < -0.3 is 10.2 Å². The maximum absolute atomic E-state index is 9.31. The van der Waals surface area contributed by atoms with E-state index >= 15 is 0 Å². The molecule has 0 saturated carbocycles. The van der Waals surface area contributed by atoms with Crippen molar-refractivity contribution >= 4 is 29.1 Å². The van der Waals surface area contributed by atoms with Gasteiger partial charge in [0.05, 0.1) is 17.2 Å². The third kappa shape index (κ3) is 2.75. The number of aliphatic hydroxyl groups is 2. The van der Waals surface area contributed by atoms with Gasteiger partial charge in [-0.25, -0.2) is 0 Å². The SMILES string of the molecule is C=C(O)C(CCl)=C(O)C(C)=NCl. The van der Waals surface area contributed by atoms with Gasteiger partial charge in [0.2, 0.25) is 0 Å². The Kier molecular flexibility index (Phi) is 4.78. The molecule has 0 aliphatic heterocycles. The van der Waals surface area contributed by atoms with Gasteiger partial charge >= 0.3 is 0 Å². The van der Waals surface area contributed by atoms with Crippen molar-refractivity contribution in [1.82, 2.24) is 0 Å². The molecular weight excluding hydrogens is 201 g/mol. The highest BCUT2D eigenvalue weighted by molar-refractivity contribution is 6.23. The quantitative estimate of drug-likeness (QED) is 0.325. The summed E-state index contributed by atoms with van der Waals surface area (Å²) in [7, 11) is 0. The average molecular weight is 210 g/mol. The molecule has 5 heteroatoms. The zero-order valence-corrected chi connectivity index (χ0v) is 8.02. The summed E-state index contributed by atoms with van der Waals surface area (Å²) in [5.74, 6) is -0.583. The predicted octanol–water partition coefficient (Wildman–Crippen LogP) is 2.72. The number of nitrogens with zero attached hydrogens (tertiary/aromatic N) is 1. The van der Waals surface area contributed by atoms with Gasteiger partial charge in [0, 0.05) is 11.8 Å². The molecule has 0 spiro atoms. The lowest BCUT2D eigenvalue weighted by Gasteiger charge is -2.04. The van der Waals surface area contributed by atoms with Crippen LogP contribution in [0.5, 0.6) is 0 Å². The van der Waals surface area contributed by atoms with E-state index in [0.29, 0.717) is 0 Å². The number of allylic oxidation sites excluding steroid dienone is 2. The molecule has 0 aromatic carbocycles. The van der Waals surface area contributed by atoms with Crippen molar-refractivity contribution in [2.45, 2.75) is 6.92 Å². The second-order valence-electron chi connectivity index (χ2n) is 2.08. The van der Waals surface area contributed by atoms with Crippen LogP contribution < -0.4 is 0 Å². The van der Waals surface area contributed by atoms with Crippen molar-refractivity contribution in [2.75, 3.05) is 5.88 Å². The van der Waals surface area contributed by atoms with Gasteiger partial charge in [0.25, 0.3) is 0 Å². The van der Waals surface area contributed by atoms with Gasteiger partial charge in [-0.1, -0.05) is 6.58 Å². The molecule has 0 aromatic rings. The van der Waals surface area contributed by atoms with E-state index in [-0.39, 0.29) is 28.7 Å². The molecular formula is C7H9Cl2NO2. The normalized spacial score (nSPS) is 14.1. The summed E-state index contributed by atoms with van der Waals surface area (Å²) < 4.78 is 3.21. The van der Waals surface area contributed by atoms with E-state index in [1.54, 1.807) is 0 Å². The number of aliphatic hydroxyl groups excluding tert-OH is 2. The van der Waals surface area contributed by atoms with E-state index in [0.717, 1.165) is 0 Å². The minimum Gasteiger partial charge on any atom is -0.508 e. The first-order chi connectivity index (χ1) is 5.54. The molecule has 0 aliphatic carbocycles. The summed E-state index contributed by atoms with van der Waals surface area (Å²) in [6.45, 7) is 4.70. The van der Waals surface area contributed by atoms with Crippen LogP contribution in [-0.2, 0) is 0 Å². The third-order valence-electron chi connectivity index (χ3n) is 1.24. The fraction of sp³-hybridized carbons (Fsp3) is 0.286. The zero-order valence-electron chi connectivity index (χ0n) is 6.51. The minimum atomic E-state index is -0.290. The maximum Gasteiger partial charge on any atom is 0.145 e. The number of alkyl halides is 1. The molecule has 0 saturated heterocycles. The standard InChI is InChI=1S/C7H9Cl2NO2/c1-4(10-9)7(12)6(3-8)5(2)11/h11-12H,2-3H2,1H3. The van der Waals surface area contributed by atoms with Crippen LogP contribution in [0.4, 0.5) is 0 Å².